The van der Waals surface area contributed by atoms with Crippen LogP contribution in [0.5, 0.6) is 0 Å². The third-order valence-corrected chi connectivity index (χ3v) is 6.23. The molecular formula is C19H27BrIN5S. The van der Waals surface area contributed by atoms with Crippen molar-refractivity contribution in [2.45, 2.75) is 32.2 Å². The highest BCUT2D eigenvalue weighted by Crippen LogP contribution is 2.28. The number of aromatic nitrogens is 1. The highest BCUT2D eigenvalue weighted by Gasteiger charge is 2.24. The summed E-state index contributed by atoms with van der Waals surface area (Å²) in [4.78, 5) is 11.4. The Labute approximate surface area is 191 Å². The number of aryl methyl sites for hydroxylation is 1. The number of thiazole rings is 1. The molecule has 0 saturated carbocycles. The number of benzene rings is 1. The molecule has 1 atom stereocenters. The summed E-state index contributed by atoms with van der Waals surface area (Å²) in [6.45, 7) is 5.02. The van der Waals surface area contributed by atoms with Crippen molar-refractivity contribution < 1.29 is 0 Å². The number of anilines is 1. The van der Waals surface area contributed by atoms with Gasteiger partial charge in [-0.15, -0.1) is 35.3 Å². The molecule has 5 nitrogen and oxygen atoms in total. The summed E-state index contributed by atoms with van der Waals surface area (Å²) >= 11 is 5.40. The van der Waals surface area contributed by atoms with Crippen LogP contribution in [0.2, 0.25) is 0 Å². The van der Waals surface area contributed by atoms with Crippen molar-refractivity contribution in [1.29, 1.82) is 0 Å². The summed E-state index contributed by atoms with van der Waals surface area (Å²) < 4.78 is 1.15. The molecule has 0 aliphatic carbocycles. The highest BCUT2D eigenvalue weighted by molar-refractivity contribution is 14.0. The number of hydrogen-bond acceptors (Lipinski definition) is 4. The fraction of sp³-hybridized carbons (Fsp3) is 0.474. The Morgan fingerprint density at radius 2 is 2.22 bits per heavy atom. The molecule has 148 valence electrons. The first-order valence-corrected chi connectivity index (χ1v) is 10.8. The average Bonchev–Trinajstić information content (AvgIpc) is 3.30. The molecule has 2 N–H and O–H groups in total. The van der Waals surface area contributed by atoms with E-state index >= 15 is 0 Å². The van der Waals surface area contributed by atoms with Gasteiger partial charge in [0.15, 0.2) is 5.96 Å². The van der Waals surface area contributed by atoms with Crippen LogP contribution in [0, 0.1) is 0 Å². The van der Waals surface area contributed by atoms with Crippen LogP contribution in [0.3, 0.4) is 0 Å². The molecule has 1 aromatic carbocycles. The zero-order valence-electron chi connectivity index (χ0n) is 15.7. The SMILES string of the molecule is CCc1nc(CCNC(=NC)NC2CCN(c3ccccc3Br)C2)cs1.I. The van der Waals surface area contributed by atoms with Crippen molar-refractivity contribution >= 4 is 62.9 Å². The van der Waals surface area contributed by atoms with E-state index in [2.05, 4.69) is 78.0 Å². The summed E-state index contributed by atoms with van der Waals surface area (Å²) in [5, 5.41) is 10.3. The summed E-state index contributed by atoms with van der Waals surface area (Å²) in [6, 6.07) is 8.80. The van der Waals surface area contributed by atoms with E-state index in [9.17, 15) is 0 Å². The van der Waals surface area contributed by atoms with Gasteiger partial charge in [-0.25, -0.2) is 4.98 Å². The minimum atomic E-state index is 0. The lowest BCUT2D eigenvalue weighted by atomic mass is 10.2. The predicted octanol–water partition coefficient (Wildman–Crippen LogP) is 4.07. The number of nitrogens with zero attached hydrogens (tertiary/aromatic N) is 3. The number of aliphatic imine (C=N–C) groups is 1. The van der Waals surface area contributed by atoms with Gasteiger partial charge in [-0.05, 0) is 40.9 Å². The third kappa shape index (κ3) is 6.32. The van der Waals surface area contributed by atoms with E-state index in [1.165, 1.54) is 10.7 Å². The molecule has 1 aromatic heterocycles. The normalized spacial score (nSPS) is 16.9. The van der Waals surface area contributed by atoms with Crippen LogP contribution < -0.4 is 15.5 Å². The molecule has 0 radical (unpaired) electrons. The Hall–Kier alpha value is -0.870. The van der Waals surface area contributed by atoms with Crippen LogP contribution in [0.4, 0.5) is 5.69 Å². The third-order valence-electron chi connectivity index (χ3n) is 4.52. The fourth-order valence-corrected chi connectivity index (χ4v) is 4.44. The standard InChI is InChI=1S/C19H26BrN5S.HI/c1-3-18-23-15(13-26-18)8-10-22-19(21-2)24-14-9-11-25(12-14)17-7-5-4-6-16(17)20;/h4-7,13-14H,3,8-12H2,1-2H3,(H2,21,22,24);1H. The molecule has 8 heteroatoms. The van der Waals surface area contributed by atoms with Crippen LogP contribution in [0.25, 0.3) is 0 Å². The van der Waals surface area contributed by atoms with Gasteiger partial charge in [0.05, 0.1) is 16.4 Å². The Balaban J connectivity index is 0.00000261. The number of rotatable bonds is 6. The van der Waals surface area contributed by atoms with Crippen molar-refractivity contribution in [1.82, 2.24) is 15.6 Å². The monoisotopic (exact) mass is 563 g/mol. The first-order valence-electron chi connectivity index (χ1n) is 9.09. The minimum Gasteiger partial charge on any atom is -0.368 e. The van der Waals surface area contributed by atoms with E-state index in [1.807, 2.05) is 7.05 Å². The molecule has 1 unspecified atom stereocenters. The summed E-state index contributed by atoms with van der Waals surface area (Å²) in [7, 11) is 1.83. The molecule has 1 aliphatic heterocycles. The second kappa shape index (κ2) is 11.2. The number of nitrogens with one attached hydrogen (secondary N) is 2. The van der Waals surface area contributed by atoms with Crippen molar-refractivity contribution in [2.24, 2.45) is 4.99 Å². The molecule has 1 aliphatic rings. The molecule has 1 saturated heterocycles. The van der Waals surface area contributed by atoms with Crippen molar-refractivity contribution in [3.05, 3.63) is 44.8 Å². The maximum absolute atomic E-state index is 4.61. The zero-order chi connectivity index (χ0) is 18.4. The Kier molecular flexibility index (Phi) is 9.31. The summed E-state index contributed by atoms with van der Waals surface area (Å²) in [5.41, 5.74) is 2.42. The van der Waals surface area contributed by atoms with Crippen molar-refractivity contribution in [3.63, 3.8) is 0 Å². The second-order valence-electron chi connectivity index (χ2n) is 6.36. The molecule has 2 aromatic rings. The van der Waals surface area contributed by atoms with E-state index < -0.39 is 0 Å². The van der Waals surface area contributed by atoms with Gasteiger partial charge in [-0.1, -0.05) is 19.1 Å². The number of hydrogen-bond donors (Lipinski definition) is 2. The van der Waals surface area contributed by atoms with Crippen LogP contribution >= 0.6 is 51.2 Å². The first kappa shape index (κ1) is 22.4. The zero-order valence-corrected chi connectivity index (χ0v) is 20.5. The molecule has 2 heterocycles. The largest absolute Gasteiger partial charge is 0.368 e. The maximum atomic E-state index is 4.61. The number of halogens is 2. The number of para-hydroxylation sites is 1. The van der Waals surface area contributed by atoms with Crippen LogP contribution in [0.15, 0.2) is 39.1 Å². The molecule has 27 heavy (non-hydrogen) atoms. The first-order chi connectivity index (χ1) is 12.7. The molecule has 0 spiro atoms. The van der Waals surface area contributed by atoms with E-state index in [-0.39, 0.29) is 24.0 Å². The lowest BCUT2D eigenvalue weighted by molar-refractivity contribution is 0.647. The number of guanidine groups is 1. The van der Waals surface area contributed by atoms with Gasteiger partial charge in [-0.3, -0.25) is 4.99 Å². The molecule has 1 fully saturated rings. The van der Waals surface area contributed by atoms with E-state index in [0.29, 0.717) is 6.04 Å². The Bertz CT molecular complexity index is 751. The van der Waals surface area contributed by atoms with Crippen LogP contribution in [-0.2, 0) is 12.8 Å². The Morgan fingerprint density at radius 3 is 2.93 bits per heavy atom. The van der Waals surface area contributed by atoms with Gasteiger partial charge in [-0.2, -0.15) is 0 Å². The minimum absolute atomic E-state index is 0. The summed E-state index contributed by atoms with van der Waals surface area (Å²) in [6.07, 6.45) is 3.04. The predicted molar refractivity (Wildman–Crippen MR) is 130 cm³/mol. The summed E-state index contributed by atoms with van der Waals surface area (Å²) in [5.74, 6) is 0.870. The van der Waals surface area contributed by atoms with Gasteiger partial charge in [0.2, 0.25) is 0 Å². The average molecular weight is 564 g/mol. The topological polar surface area (TPSA) is 52.6 Å². The smallest absolute Gasteiger partial charge is 0.191 e. The lowest BCUT2D eigenvalue weighted by Gasteiger charge is -2.21. The van der Waals surface area contributed by atoms with Gasteiger partial charge >= 0.3 is 0 Å². The van der Waals surface area contributed by atoms with E-state index in [4.69, 9.17) is 0 Å². The highest BCUT2D eigenvalue weighted by atomic mass is 127. The lowest BCUT2D eigenvalue weighted by Crippen LogP contribution is -2.45. The van der Waals surface area contributed by atoms with E-state index in [1.54, 1.807) is 11.3 Å². The molecular weight excluding hydrogens is 537 g/mol. The van der Waals surface area contributed by atoms with Crippen molar-refractivity contribution in [2.75, 3.05) is 31.6 Å². The second-order valence-corrected chi connectivity index (χ2v) is 8.16. The fourth-order valence-electron chi connectivity index (χ4n) is 3.13. The van der Waals surface area contributed by atoms with Gasteiger partial charge in [0, 0.05) is 49.0 Å². The van der Waals surface area contributed by atoms with Crippen LogP contribution in [0.1, 0.15) is 24.0 Å². The van der Waals surface area contributed by atoms with Crippen LogP contribution in [-0.4, -0.2) is 43.7 Å². The van der Waals surface area contributed by atoms with Gasteiger partial charge in [0.1, 0.15) is 0 Å². The van der Waals surface area contributed by atoms with Gasteiger partial charge in [0.25, 0.3) is 0 Å². The molecule has 0 amide bonds. The quantitative estimate of drug-likeness (QED) is 0.316. The maximum Gasteiger partial charge on any atom is 0.191 e. The van der Waals surface area contributed by atoms with Gasteiger partial charge < -0.3 is 15.5 Å². The molecule has 0 bridgehead atoms. The Morgan fingerprint density at radius 1 is 1.41 bits per heavy atom. The van der Waals surface area contributed by atoms with E-state index in [0.717, 1.165) is 55.0 Å². The molecule has 3 rings (SSSR count). The van der Waals surface area contributed by atoms with Crippen molar-refractivity contribution in [3.8, 4) is 0 Å².